The van der Waals surface area contributed by atoms with Crippen molar-refractivity contribution in [1.82, 2.24) is 5.48 Å². The molecule has 4 rings (SSSR count). The first-order valence-corrected chi connectivity index (χ1v) is 9.71. The van der Waals surface area contributed by atoms with Crippen LogP contribution in [-0.4, -0.2) is 23.2 Å². The third-order valence-electron chi connectivity index (χ3n) is 5.77. The predicted molar refractivity (Wildman–Crippen MR) is 105 cm³/mol. The van der Waals surface area contributed by atoms with Gasteiger partial charge < -0.3 is 0 Å². The molecule has 1 N–H and O–H groups in total. The van der Waals surface area contributed by atoms with E-state index >= 15 is 0 Å². The molecule has 0 bridgehead atoms. The Labute approximate surface area is 168 Å². The molecule has 0 aromatic heterocycles. The summed E-state index contributed by atoms with van der Waals surface area (Å²) in [7, 11) is 0. The highest BCUT2D eigenvalue weighted by Crippen LogP contribution is 2.44. The number of benzene rings is 2. The number of rotatable bonds is 3. The van der Waals surface area contributed by atoms with Crippen LogP contribution in [0.3, 0.4) is 0 Å². The smallest absolute Gasteiger partial charge is 0.179 e. The van der Waals surface area contributed by atoms with Gasteiger partial charge in [0, 0.05) is 10.6 Å². The number of nitrogens with one attached hydrogen (secondary N) is 1. The van der Waals surface area contributed by atoms with E-state index < -0.39 is 29.3 Å². The molecule has 0 amide bonds. The van der Waals surface area contributed by atoms with Crippen LogP contribution in [0.1, 0.15) is 37.8 Å². The Balaban J connectivity index is 1.81. The maximum absolute atomic E-state index is 14.4. The van der Waals surface area contributed by atoms with Crippen LogP contribution in [0.2, 0.25) is 5.02 Å². The van der Waals surface area contributed by atoms with E-state index in [4.69, 9.17) is 16.4 Å². The van der Waals surface area contributed by atoms with Gasteiger partial charge in [0.05, 0.1) is 11.5 Å². The van der Waals surface area contributed by atoms with Crippen molar-refractivity contribution in [3.05, 3.63) is 58.4 Å². The zero-order chi connectivity index (χ0) is 20.2. The van der Waals surface area contributed by atoms with E-state index in [1.54, 1.807) is 24.3 Å². The van der Waals surface area contributed by atoms with Crippen molar-refractivity contribution in [2.45, 2.75) is 44.8 Å². The minimum absolute atomic E-state index is 0.145. The minimum Gasteiger partial charge on any atom is -0.298 e. The fraction of sp³-hybridized carbons (Fsp3) is 0.364. The highest BCUT2D eigenvalue weighted by molar-refractivity contribution is 6.30. The van der Waals surface area contributed by atoms with Crippen molar-refractivity contribution in [3.63, 3.8) is 0 Å². The van der Waals surface area contributed by atoms with Gasteiger partial charge in [-0.15, -0.1) is 0 Å². The van der Waals surface area contributed by atoms with Crippen LogP contribution in [0.4, 0.5) is 4.39 Å². The number of fused-ring (bicyclic) bond motifs is 1. The van der Waals surface area contributed by atoms with E-state index in [1.807, 2.05) is 26.8 Å². The van der Waals surface area contributed by atoms with E-state index in [2.05, 4.69) is 5.48 Å². The Morgan fingerprint density at radius 3 is 2.54 bits per heavy atom. The number of aryl methyl sites for hydroxylation is 1. The van der Waals surface area contributed by atoms with Crippen LogP contribution in [0.25, 0.3) is 11.1 Å². The minimum atomic E-state index is -0.887. The topological polar surface area (TPSA) is 55.4 Å². The molecule has 2 aromatic rings. The van der Waals surface area contributed by atoms with E-state index in [1.165, 1.54) is 6.07 Å². The standard InChI is InChI=1S/C22H21ClFNO3/c1-4-11-5-6-12(14-8-7-13(23)10-16(14)24)9-15(11)17-19(26)18-21(20(17)27)28-25-22(18,2)3/h5-10,17-18,21,25H,4H2,1-3H3. The molecule has 0 radical (unpaired) electrons. The van der Waals surface area contributed by atoms with Crippen molar-refractivity contribution >= 4 is 23.2 Å². The quantitative estimate of drug-likeness (QED) is 0.781. The van der Waals surface area contributed by atoms with Crippen molar-refractivity contribution in [3.8, 4) is 11.1 Å². The predicted octanol–water partition coefficient (Wildman–Crippen LogP) is 4.24. The van der Waals surface area contributed by atoms with Gasteiger partial charge in [0.2, 0.25) is 0 Å². The van der Waals surface area contributed by atoms with Crippen LogP contribution in [-0.2, 0) is 20.8 Å². The maximum atomic E-state index is 14.4. The van der Waals surface area contributed by atoms with Crippen LogP contribution in [0.5, 0.6) is 0 Å². The van der Waals surface area contributed by atoms with E-state index in [0.717, 1.165) is 5.56 Å². The molecule has 3 unspecified atom stereocenters. The molecule has 1 heterocycles. The molecule has 2 aliphatic rings. The second-order valence-corrected chi connectivity index (χ2v) is 8.41. The lowest BCUT2D eigenvalue weighted by atomic mass is 9.82. The number of hydrogen-bond acceptors (Lipinski definition) is 4. The van der Waals surface area contributed by atoms with E-state index in [-0.39, 0.29) is 11.6 Å². The molecule has 1 aliphatic heterocycles. The number of carbonyl (C=O) groups is 2. The number of Topliss-reactive ketones (excluding diaryl/α,β-unsaturated/α-hetero) is 2. The molecular formula is C22H21ClFNO3. The summed E-state index contributed by atoms with van der Waals surface area (Å²) in [5.41, 5.74) is 4.72. The van der Waals surface area contributed by atoms with Crippen molar-refractivity contribution in [1.29, 1.82) is 0 Å². The number of hydrogen-bond donors (Lipinski definition) is 1. The zero-order valence-corrected chi connectivity index (χ0v) is 16.6. The molecule has 2 aromatic carbocycles. The lowest BCUT2D eigenvalue weighted by Gasteiger charge is -2.23. The molecule has 1 saturated carbocycles. The van der Waals surface area contributed by atoms with Crippen LogP contribution in [0, 0.1) is 11.7 Å². The first-order chi connectivity index (χ1) is 13.2. The summed E-state index contributed by atoms with van der Waals surface area (Å²) in [6.45, 7) is 5.67. The van der Waals surface area contributed by atoms with Crippen LogP contribution >= 0.6 is 11.6 Å². The number of ketones is 2. The Hall–Kier alpha value is -2.08. The Morgan fingerprint density at radius 1 is 1.14 bits per heavy atom. The highest BCUT2D eigenvalue weighted by atomic mass is 35.5. The second-order valence-electron chi connectivity index (χ2n) is 7.97. The molecule has 146 valence electrons. The van der Waals surface area contributed by atoms with E-state index in [0.29, 0.717) is 28.1 Å². The second kappa shape index (κ2) is 6.76. The summed E-state index contributed by atoms with van der Waals surface area (Å²) < 4.78 is 14.4. The average Bonchev–Trinajstić information content (AvgIpc) is 3.09. The SMILES string of the molecule is CCc1ccc(-c2ccc(Cl)cc2F)cc1C1C(=O)C2ONC(C)(C)C2C1=O. The fourth-order valence-corrected chi connectivity index (χ4v) is 4.48. The third kappa shape index (κ3) is 2.89. The zero-order valence-electron chi connectivity index (χ0n) is 15.9. The van der Waals surface area contributed by atoms with Crippen molar-refractivity contribution < 1.29 is 18.8 Å². The summed E-state index contributed by atoms with van der Waals surface area (Å²) >= 11 is 5.86. The van der Waals surface area contributed by atoms with Gasteiger partial charge >= 0.3 is 0 Å². The average molecular weight is 402 g/mol. The summed E-state index contributed by atoms with van der Waals surface area (Å²) in [4.78, 5) is 31.7. The van der Waals surface area contributed by atoms with Gasteiger partial charge in [-0.1, -0.05) is 30.7 Å². The number of halogens is 2. The first kappa shape index (κ1) is 19.2. The Bertz CT molecular complexity index is 988. The Morgan fingerprint density at radius 2 is 1.89 bits per heavy atom. The molecule has 6 heteroatoms. The van der Waals surface area contributed by atoms with E-state index in [9.17, 15) is 14.0 Å². The summed E-state index contributed by atoms with van der Waals surface area (Å²) in [5, 5.41) is 0.313. The summed E-state index contributed by atoms with van der Waals surface area (Å²) in [6, 6.07) is 9.89. The molecule has 1 saturated heterocycles. The molecule has 1 aliphatic carbocycles. The van der Waals surface area contributed by atoms with Gasteiger partial charge in [0.15, 0.2) is 11.6 Å². The van der Waals surface area contributed by atoms with Crippen LogP contribution < -0.4 is 5.48 Å². The van der Waals surface area contributed by atoms with Gasteiger partial charge in [-0.05, 0) is 61.2 Å². The molecule has 4 nitrogen and oxygen atoms in total. The molecule has 0 spiro atoms. The number of carbonyl (C=O) groups excluding carboxylic acids is 2. The van der Waals surface area contributed by atoms with Gasteiger partial charge in [0.1, 0.15) is 17.8 Å². The Kier molecular flexibility index (Phi) is 4.65. The first-order valence-electron chi connectivity index (χ1n) is 9.33. The third-order valence-corrected chi connectivity index (χ3v) is 6.00. The van der Waals surface area contributed by atoms with Gasteiger partial charge in [-0.25, -0.2) is 4.39 Å². The van der Waals surface area contributed by atoms with Gasteiger partial charge in [0.25, 0.3) is 0 Å². The molecule has 3 atom stereocenters. The largest absolute Gasteiger partial charge is 0.298 e. The van der Waals surface area contributed by atoms with Crippen LogP contribution in [0.15, 0.2) is 36.4 Å². The molecule has 2 fully saturated rings. The lowest BCUT2D eigenvalue weighted by Crippen LogP contribution is -2.41. The summed E-state index contributed by atoms with van der Waals surface area (Å²) in [5.74, 6) is -2.26. The van der Waals surface area contributed by atoms with Crippen molar-refractivity contribution in [2.75, 3.05) is 0 Å². The molecular weight excluding hydrogens is 381 g/mol. The lowest BCUT2D eigenvalue weighted by molar-refractivity contribution is -0.131. The maximum Gasteiger partial charge on any atom is 0.179 e. The summed E-state index contributed by atoms with van der Waals surface area (Å²) in [6.07, 6.45) is -0.124. The highest BCUT2D eigenvalue weighted by Gasteiger charge is 2.60. The monoisotopic (exact) mass is 401 g/mol. The van der Waals surface area contributed by atoms with Gasteiger partial charge in [-0.3, -0.25) is 14.4 Å². The normalized spacial score (nSPS) is 26.0. The van der Waals surface area contributed by atoms with Crippen molar-refractivity contribution in [2.24, 2.45) is 5.92 Å². The number of hydroxylamine groups is 1. The van der Waals surface area contributed by atoms with Gasteiger partial charge in [-0.2, -0.15) is 5.48 Å². The molecule has 28 heavy (non-hydrogen) atoms. The fourth-order valence-electron chi connectivity index (χ4n) is 4.32.